The zero-order chi connectivity index (χ0) is 17.4. The molecule has 2 N–H and O–H groups in total. The molecule has 0 radical (unpaired) electrons. The first-order valence-electron chi connectivity index (χ1n) is 7.31. The summed E-state index contributed by atoms with van der Waals surface area (Å²) >= 11 is 0. The maximum absolute atomic E-state index is 10.3. The number of anilines is 1. The van der Waals surface area contributed by atoms with Gasteiger partial charge in [-0.3, -0.25) is 0 Å². The number of fused-ring (bicyclic) bond motifs is 1. The van der Waals surface area contributed by atoms with Crippen molar-refractivity contribution in [3.63, 3.8) is 0 Å². The molecular weight excluding hydrogens is 302 g/mol. The van der Waals surface area contributed by atoms with Gasteiger partial charge in [-0.2, -0.15) is 10.5 Å². The smallest absolute Gasteiger partial charge is 0.159 e. The molecule has 0 atom stereocenters. The Morgan fingerprint density at radius 2 is 1.71 bits per heavy atom. The number of aromatic amines is 1. The second kappa shape index (κ2) is 5.60. The minimum absolute atomic E-state index is 0.0946. The molecule has 3 rings (SSSR count). The van der Waals surface area contributed by atoms with E-state index in [1.165, 1.54) is 0 Å². The fourth-order valence-corrected chi connectivity index (χ4v) is 2.66. The van der Waals surface area contributed by atoms with Crippen molar-refractivity contribution in [2.75, 3.05) is 19.0 Å². The topological polar surface area (TPSA) is 99.7 Å². The van der Waals surface area contributed by atoms with Crippen LogP contribution >= 0.6 is 0 Å². The lowest BCUT2D eigenvalue weighted by Gasteiger charge is -2.11. The highest BCUT2D eigenvalue weighted by Gasteiger charge is 2.20. The summed E-state index contributed by atoms with van der Waals surface area (Å²) in [5.41, 5.74) is 3.39. The molecule has 2 aromatic carbocycles. The molecule has 0 saturated carbocycles. The number of H-pyrrole nitrogens is 1. The Kier molecular flexibility index (Phi) is 3.59. The molecule has 0 spiro atoms. The maximum atomic E-state index is 10.3. The van der Waals surface area contributed by atoms with Gasteiger partial charge in [0, 0.05) is 25.3 Å². The van der Waals surface area contributed by atoms with Crippen LogP contribution in [-0.4, -0.2) is 29.2 Å². The van der Waals surface area contributed by atoms with E-state index in [0.717, 1.165) is 11.3 Å². The number of phenols is 1. The quantitative estimate of drug-likeness (QED) is 0.756. The Labute approximate surface area is 139 Å². The van der Waals surface area contributed by atoms with Crippen LogP contribution in [-0.2, 0) is 0 Å². The van der Waals surface area contributed by atoms with Crippen molar-refractivity contribution < 1.29 is 5.11 Å². The highest BCUT2D eigenvalue weighted by atomic mass is 16.3. The number of aromatic nitrogens is 2. The first-order valence-corrected chi connectivity index (χ1v) is 7.31. The van der Waals surface area contributed by atoms with Crippen molar-refractivity contribution in [2.45, 2.75) is 6.92 Å². The number of benzene rings is 2. The standard InChI is InChI=1S/C18H15N5O/c1-10-13(8-19)15-16(17(24)14(10)9-20)22-18(21-15)11-4-6-12(7-5-11)23(2)3/h4-7,24H,1-3H3,(H,21,22). The molecule has 1 heterocycles. The van der Waals surface area contributed by atoms with E-state index in [-0.39, 0.29) is 11.3 Å². The SMILES string of the molecule is Cc1c(C#N)c(O)c2[nH]c(-c3ccc(N(C)C)cc3)nc2c1C#N. The maximum Gasteiger partial charge on any atom is 0.159 e. The highest BCUT2D eigenvalue weighted by Crippen LogP contribution is 2.35. The summed E-state index contributed by atoms with van der Waals surface area (Å²) in [5, 5.41) is 28.9. The molecule has 0 bridgehead atoms. The largest absolute Gasteiger partial charge is 0.504 e. The van der Waals surface area contributed by atoms with Crippen LogP contribution in [0.25, 0.3) is 22.4 Å². The van der Waals surface area contributed by atoms with Crippen LogP contribution in [0, 0.1) is 29.6 Å². The van der Waals surface area contributed by atoms with E-state index in [9.17, 15) is 15.6 Å². The van der Waals surface area contributed by atoms with Crippen LogP contribution in [0.5, 0.6) is 5.75 Å². The van der Waals surface area contributed by atoms with Gasteiger partial charge in [-0.1, -0.05) is 0 Å². The third-order valence-electron chi connectivity index (χ3n) is 4.04. The molecule has 0 aliphatic rings. The molecule has 6 nitrogen and oxygen atoms in total. The first-order chi connectivity index (χ1) is 11.5. The van der Waals surface area contributed by atoms with Crippen LogP contribution in [0.15, 0.2) is 24.3 Å². The van der Waals surface area contributed by atoms with Gasteiger partial charge in [-0.25, -0.2) is 4.98 Å². The van der Waals surface area contributed by atoms with Crippen molar-refractivity contribution >= 4 is 16.7 Å². The molecule has 6 heteroatoms. The molecule has 3 aromatic rings. The van der Waals surface area contributed by atoms with Crippen LogP contribution in [0.4, 0.5) is 5.69 Å². The normalized spacial score (nSPS) is 10.4. The van der Waals surface area contributed by atoms with E-state index >= 15 is 0 Å². The number of nitrogens with one attached hydrogen (secondary N) is 1. The van der Waals surface area contributed by atoms with Gasteiger partial charge in [0.2, 0.25) is 0 Å². The average Bonchev–Trinajstić information content (AvgIpc) is 3.01. The Hall–Kier alpha value is -3.51. The molecule has 0 unspecified atom stereocenters. The Morgan fingerprint density at radius 1 is 1.08 bits per heavy atom. The Bertz CT molecular complexity index is 1020. The molecular formula is C18H15N5O. The van der Waals surface area contributed by atoms with Crippen LogP contribution in [0.3, 0.4) is 0 Å². The molecule has 0 fully saturated rings. The van der Waals surface area contributed by atoms with Gasteiger partial charge >= 0.3 is 0 Å². The lowest BCUT2D eigenvalue weighted by molar-refractivity contribution is 0.478. The number of rotatable bonds is 2. The highest BCUT2D eigenvalue weighted by molar-refractivity contribution is 5.93. The van der Waals surface area contributed by atoms with Crippen molar-refractivity contribution in [1.82, 2.24) is 9.97 Å². The van der Waals surface area contributed by atoms with Crippen molar-refractivity contribution in [3.8, 4) is 29.3 Å². The summed E-state index contributed by atoms with van der Waals surface area (Å²) < 4.78 is 0. The average molecular weight is 317 g/mol. The summed E-state index contributed by atoms with van der Waals surface area (Å²) in [4.78, 5) is 9.48. The fourth-order valence-electron chi connectivity index (χ4n) is 2.66. The summed E-state index contributed by atoms with van der Waals surface area (Å²) in [6.07, 6.45) is 0. The lowest BCUT2D eigenvalue weighted by atomic mass is 10.0. The second-order valence-electron chi connectivity index (χ2n) is 5.70. The van der Waals surface area contributed by atoms with Gasteiger partial charge < -0.3 is 15.0 Å². The molecule has 0 saturated heterocycles. The van der Waals surface area contributed by atoms with Gasteiger partial charge in [0.25, 0.3) is 0 Å². The Balaban J connectivity index is 2.24. The van der Waals surface area contributed by atoms with Gasteiger partial charge in [0.1, 0.15) is 34.6 Å². The van der Waals surface area contributed by atoms with Crippen LogP contribution < -0.4 is 4.90 Å². The van der Waals surface area contributed by atoms with E-state index in [4.69, 9.17) is 0 Å². The van der Waals surface area contributed by atoms with Crippen LogP contribution in [0.1, 0.15) is 16.7 Å². The van der Waals surface area contributed by atoms with Gasteiger partial charge in [0.15, 0.2) is 5.75 Å². The van der Waals surface area contributed by atoms with E-state index in [1.54, 1.807) is 6.92 Å². The first kappa shape index (κ1) is 15.4. The van der Waals surface area contributed by atoms with Crippen molar-refractivity contribution in [1.29, 1.82) is 10.5 Å². The molecule has 0 aliphatic carbocycles. The molecule has 0 aliphatic heterocycles. The molecule has 24 heavy (non-hydrogen) atoms. The van der Waals surface area contributed by atoms with Gasteiger partial charge in [0.05, 0.1) is 5.56 Å². The van der Waals surface area contributed by atoms with E-state index < -0.39 is 0 Å². The monoisotopic (exact) mass is 317 g/mol. The third kappa shape index (κ3) is 2.22. The third-order valence-corrected chi connectivity index (χ3v) is 4.04. The minimum Gasteiger partial charge on any atom is -0.504 e. The number of imidazole rings is 1. The number of phenolic OH excluding ortho intramolecular Hbond substituents is 1. The van der Waals surface area contributed by atoms with Crippen molar-refractivity contribution in [3.05, 3.63) is 41.0 Å². The van der Waals surface area contributed by atoms with E-state index in [2.05, 4.69) is 16.0 Å². The number of nitriles is 2. The predicted molar refractivity (Wildman–Crippen MR) is 91.7 cm³/mol. The summed E-state index contributed by atoms with van der Waals surface area (Å²) in [5.74, 6) is 0.365. The number of aromatic hydroxyl groups is 1. The summed E-state index contributed by atoms with van der Waals surface area (Å²) in [6.45, 7) is 1.64. The van der Waals surface area contributed by atoms with Gasteiger partial charge in [-0.15, -0.1) is 0 Å². The number of hydrogen-bond donors (Lipinski definition) is 2. The fraction of sp³-hybridized carbons (Fsp3) is 0.167. The molecule has 0 amide bonds. The zero-order valence-corrected chi connectivity index (χ0v) is 13.5. The second-order valence-corrected chi connectivity index (χ2v) is 5.70. The van der Waals surface area contributed by atoms with Crippen LogP contribution in [0.2, 0.25) is 0 Å². The predicted octanol–water partition coefficient (Wildman–Crippen LogP) is 3.05. The Morgan fingerprint density at radius 3 is 2.25 bits per heavy atom. The van der Waals surface area contributed by atoms with E-state index in [1.807, 2.05) is 49.3 Å². The minimum atomic E-state index is -0.173. The summed E-state index contributed by atoms with van der Waals surface area (Å²) in [6, 6.07) is 11.8. The number of nitrogens with zero attached hydrogens (tertiary/aromatic N) is 4. The van der Waals surface area contributed by atoms with E-state index in [0.29, 0.717) is 28.0 Å². The summed E-state index contributed by atoms with van der Waals surface area (Å²) in [7, 11) is 3.92. The van der Waals surface area contributed by atoms with Crippen molar-refractivity contribution in [2.24, 2.45) is 0 Å². The lowest BCUT2D eigenvalue weighted by Crippen LogP contribution is -2.07. The zero-order valence-electron chi connectivity index (χ0n) is 13.5. The molecule has 118 valence electrons. The molecule has 1 aromatic heterocycles. The van der Waals surface area contributed by atoms with Gasteiger partial charge in [-0.05, 0) is 36.8 Å². The number of hydrogen-bond acceptors (Lipinski definition) is 5.